The van der Waals surface area contributed by atoms with Crippen molar-refractivity contribution in [2.75, 3.05) is 13.2 Å². The Morgan fingerprint density at radius 3 is 2.47 bits per heavy atom. The fraction of sp³-hybridized carbons (Fsp3) is 0.467. The molecule has 104 valence electrons. The van der Waals surface area contributed by atoms with Crippen molar-refractivity contribution in [2.45, 2.75) is 33.1 Å². The van der Waals surface area contributed by atoms with Crippen molar-refractivity contribution >= 4 is 11.9 Å². The Morgan fingerprint density at radius 1 is 1.16 bits per heavy atom. The summed E-state index contributed by atoms with van der Waals surface area (Å²) in [6, 6.07) is 8.43. The molecule has 1 aromatic carbocycles. The number of unbranched alkanes of at least 4 members (excludes halogenated alkanes) is 1. The third-order valence-electron chi connectivity index (χ3n) is 2.76. The van der Waals surface area contributed by atoms with Crippen LogP contribution >= 0.6 is 0 Å². The summed E-state index contributed by atoms with van der Waals surface area (Å²) in [4.78, 5) is 22.2. The standard InChI is InChI=1S/C15H21NO3/c1-3-19-15(18)14(17)16-11-5-4-6-13-9-7-12(2)8-10-13/h7-10H,3-6,11H2,1-2H3,(H,16,17). The number of aryl methyl sites for hydroxylation is 2. The summed E-state index contributed by atoms with van der Waals surface area (Å²) >= 11 is 0. The lowest BCUT2D eigenvalue weighted by atomic mass is 10.1. The zero-order valence-corrected chi connectivity index (χ0v) is 11.6. The summed E-state index contributed by atoms with van der Waals surface area (Å²) in [5.41, 5.74) is 2.55. The lowest BCUT2D eigenvalue weighted by Gasteiger charge is -2.05. The number of amides is 1. The van der Waals surface area contributed by atoms with Gasteiger partial charge in [-0.15, -0.1) is 0 Å². The van der Waals surface area contributed by atoms with Crippen molar-refractivity contribution < 1.29 is 14.3 Å². The van der Waals surface area contributed by atoms with Crippen LogP contribution in [0.15, 0.2) is 24.3 Å². The number of esters is 1. The third-order valence-corrected chi connectivity index (χ3v) is 2.76. The Balaban J connectivity index is 2.13. The van der Waals surface area contributed by atoms with Crippen molar-refractivity contribution in [3.63, 3.8) is 0 Å². The van der Waals surface area contributed by atoms with Crippen LogP contribution in [0.3, 0.4) is 0 Å². The molecule has 0 fully saturated rings. The SMILES string of the molecule is CCOC(=O)C(=O)NCCCCc1ccc(C)cc1. The van der Waals surface area contributed by atoms with E-state index in [2.05, 4.69) is 41.2 Å². The van der Waals surface area contributed by atoms with Crippen molar-refractivity contribution in [2.24, 2.45) is 0 Å². The summed E-state index contributed by atoms with van der Waals surface area (Å²) in [6.07, 6.45) is 2.81. The van der Waals surface area contributed by atoms with Gasteiger partial charge in [0.1, 0.15) is 0 Å². The van der Waals surface area contributed by atoms with E-state index in [4.69, 9.17) is 0 Å². The van der Waals surface area contributed by atoms with Gasteiger partial charge in [0.25, 0.3) is 0 Å². The normalized spacial score (nSPS) is 10.0. The van der Waals surface area contributed by atoms with Gasteiger partial charge in [-0.25, -0.2) is 4.79 Å². The number of ether oxygens (including phenoxy) is 1. The van der Waals surface area contributed by atoms with Crippen LogP contribution in [-0.2, 0) is 20.7 Å². The minimum atomic E-state index is -0.805. The smallest absolute Gasteiger partial charge is 0.396 e. The molecule has 0 unspecified atom stereocenters. The van der Waals surface area contributed by atoms with Crippen LogP contribution in [0.5, 0.6) is 0 Å². The molecule has 0 saturated heterocycles. The topological polar surface area (TPSA) is 55.4 Å². The number of benzene rings is 1. The lowest BCUT2D eigenvalue weighted by molar-refractivity contribution is -0.154. The number of carbonyl (C=O) groups is 2. The van der Waals surface area contributed by atoms with E-state index < -0.39 is 11.9 Å². The minimum Gasteiger partial charge on any atom is -0.459 e. The van der Waals surface area contributed by atoms with Gasteiger partial charge in [-0.2, -0.15) is 0 Å². The maximum absolute atomic E-state index is 11.2. The molecule has 4 heteroatoms. The van der Waals surface area contributed by atoms with Crippen LogP contribution in [0.4, 0.5) is 0 Å². The molecule has 0 bridgehead atoms. The predicted octanol–water partition coefficient (Wildman–Crippen LogP) is 2.00. The largest absolute Gasteiger partial charge is 0.459 e. The molecular weight excluding hydrogens is 242 g/mol. The van der Waals surface area contributed by atoms with Crippen LogP contribution in [0.1, 0.15) is 30.9 Å². The molecule has 0 aliphatic carbocycles. The molecule has 19 heavy (non-hydrogen) atoms. The van der Waals surface area contributed by atoms with E-state index in [1.165, 1.54) is 11.1 Å². The molecule has 1 amide bonds. The summed E-state index contributed by atoms with van der Waals surface area (Å²) in [5.74, 6) is -1.46. The molecule has 0 spiro atoms. The fourth-order valence-corrected chi connectivity index (χ4v) is 1.68. The van der Waals surface area contributed by atoms with Gasteiger partial charge in [0, 0.05) is 6.54 Å². The Hall–Kier alpha value is -1.84. The molecule has 0 saturated carbocycles. The number of nitrogens with one attached hydrogen (secondary N) is 1. The Kier molecular flexibility index (Phi) is 6.64. The van der Waals surface area contributed by atoms with Gasteiger partial charge in [0.2, 0.25) is 0 Å². The average Bonchev–Trinajstić information content (AvgIpc) is 2.40. The second-order valence-corrected chi connectivity index (χ2v) is 4.42. The average molecular weight is 263 g/mol. The van der Waals surface area contributed by atoms with E-state index in [-0.39, 0.29) is 6.61 Å². The Morgan fingerprint density at radius 2 is 1.84 bits per heavy atom. The van der Waals surface area contributed by atoms with Crippen LogP contribution < -0.4 is 5.32 Å². The highest BCUT2D eigenvalue weighted by Gasteiger charge is 2.12. The van der Waals surface area contributed by atoms with E-state index in [1.807, 2.05) is 0 Å². The molecule has 1 N–H and O–H groups in total. The van der Waals surface area contributed by atoms with Crippen molar-refractivity contribution in [3.8, 4) is 0 Å². The van der Waals surface area contributed by atoms with Crippen LogP contribution in [0.2, 0.25) is 0 Å². The zero-order valence-electron chi connectivity index (χ0n) is 11.6. The fourth-order valence-electron chi connectivity index (χ4n) is 1.68. The van der Waals surface area contributed by atoms with Gasteiger partial charge in [-0.3, -0.25) is 4.79 Å². The van der Waals surface area contributed by atoms with E-state index in [1.54, 1.807) is 6.92 Å². The van der Waals surface area contributed by atoms with Crippen LogP contribution in [0.25, 0.3) is 0 Å². The highest BCUT2D eigenvalue weighted by atomic mass is 16.5. The first-order valence-corrected chi connectivity index (χ1v) is 6.64. The van der Waals surface area contributed by atoms with Crippen molar-refractivity contribution in [1.29, 1.82) is 0 Å². The minimum absolute atomic E-state index is 0.222. The molecular formula is C15H21NO3. The van der Waals surface area contributed by atoms with E-state index >= 15 is 0 Å². The predicted molar refractivity (Wildman–Crippen MR) is 73.8 cm³/mol. The molecule has 0 atom stereocenters. The van der Waals surface area contributed by atoms with Gasteiger partial charge in [-0.05, 0) is 38.7 Å². The summed E-state index contributed by atoms with van der Waals surface area (Å²) < 4.78 is 4.59. The number of hydrogen-bond acceptors (Lipinski definition) is 3. The van der Waals surface area contributed by atoms with Crippen molar-refractivity contribution in [1.82, 2.24) is 5.32 Å². The molecule has 0 aromatic heterocycles. The summed E-state index contributed by atoms with van der Waals surface area (Å²) in [7, 11) is 0. The zero-order chi connectivity index (χ0) is 14.1. The second-order valence-electron chi connectivity index (χ2n) is 4.42. The highest BCUT2D eigenvalue weighted by Crippen LogP contribution is 2.06. The molecule has 0 radical (unpaired) electrons. The number of hydrogen-bond donors (Lipinski definition) is 1. The number of rotatable bonds is 6. The Bertz CT molecular complexity index is 412. The van der Waals surface area contributed by atoms with Crippen LogP contribution in [0, 0.1) is 6.92 Å². The molecule has 1 rings (SSSR count). The lowest BCUT2D eigenvalue weighted by Crippen LogP contribution is -2.33. The van der Waals surface area contributed by atoms with E-state index in [0.29, 0.717) is 6.54 Å². The molecule has 0 aliphatic rings. The molecule has 0 aliphatic heterocycles. The first-order valence-electron chi connectivity index (χ1n) is 6.64. The van der Waals surface area contributed by atoms with Gasteiger partial charge >= 0.3 is 11.9 Å². The molecule has 1 aromatic rings. The maximum Gasteiger partial charge on any atom is 0.396 e. The summed E-state index contributed by atoms with van der Waals surface area (Å²) in [5, 5.41) is 2.55. The van der Waals surface area contributed by atoms with E-state index in [9.17, 15) is 9.59 Å². The number of carbonyl (C=O) groups excluding carboxylic acids is 2. The van der Waals surface area contributed by atoms with E-state index in [0.717, 1.165) is 19.3 Å². The van der Waals surface area contributed by atoms with Gasteiger partial charge in [0.05, 0.1) is 6.61 Å². The molecule has 0 heterocycles. The molecule has 4 nitrogen and oxygen atoms in total. The second kappa shape index (κ2) is 8.29. The first-order chi connectivity index (χ1) is 9.13. The van der Waals surface area contributed by atoms with Gasteiger partial charge < -0.3 is 10.1 Å². The summed E-state index contributed by atoms with van der Waals surface area (Å²) in [6.45, 7) is 4.46. The maximum atomic E-state index is 11.2. The first kappa shape index (κ1) is 15.2. The Labute approximate surface area is 114 Å². The monoisotopic (exact) mass is 263 g/mol. The van der Waals surface area contributed by atoms with Gasteiger partial charge in [0.15, 0.2) is 0 Å². The highest BCUT2D eigenvalue weighted by molar-refractivity contribution is 6.32. The quantitative estimate of drug-likeness (QED) is 0.485. The van der Waals surface area contributed by atoms with Gasteiger partial charge in [-0.1, -0.05) is 29.8 Å². The third kappa shape index (κ3) is 6.04. The van der Waals surface area contributed by atoms with Crippen molar-refractivity contribution in [3.05, 3.63) is 35.4 Å². The van der Waals surface area contributed by atoms with Crippen LogP contribution in [-0.4, -0.2) is 25.0 Å².